The Morgan fingerprint density at radius 3 is 2.92 bits per heavy atom. The van der Waals surface area contributed by atoms with Gasteiger partial charge in [-0.05, 0) is 18.6 Å². The molecule has 2 aromatic heterocycles. The number of aliphatic carboxylic acids is 1. The zero-order chi connectivity index (χ0) is 17.8. The predicted molar refractivity (Wildman–Crippen MR) is 99.8 cm³/mol. The number of ether oxygens (including phenoxy) is 1. The van der Waals surface area contributed by atoms with Crippen LogP contribution < -0.4 is 10.1 Å². The maximum atomic E-state index is 11.2. The van der Waals surface area contributed by atoms with Gasteiger partial charge in [0.05, 0.1) is 13.5 Å². The Morgan fingerprint density at radius 1 is 1.40 bits per heavy atom. The first kappa shape index (κ1) is 17.3. The topological polar surface area (TPSA) is 75.9 Å². The number of fused-ring (bicyclic) bond motifs is 1. The number of thiazole rings is 1. The summed E-state index contributed by atoms with van der Waals surface area (Å²) in [6.45, 7) is 2.93. The highest BCUT2D eigenvalue weighted by atomic mass is 32.1. The lowest BCUT2D eigenvalue weighted by molar-refractivity contribution is -0.136. The molecule has 7 heteroatoms. The number of carboxylic acids is 1. The van der Waals surface area contributed by atoms with Crippen LogP contribution in [0.5, 0.6) is 5.75 Å². The fraction of sp³-hybridized carbons (Fsp3) is 0.333. The van der Waals surface area contributed by atoms with E-state index < -0.39 is 5.97 Å². The standard InChI is InChI=1S/C18H21N3O3S/c1-3-4-9-19-17-16(13-7-5-6-8-14(13)24-2)20-18-21(17)12(11-25-18)10-15(22)23/h5-8,11,19H,3-4,9-10H2,1-2H3,(H,22,23). The number of nitrogens with zero attached hydrogens (tertiary/aromatic N) is 2. The normalized spacial score (nSPS) is 11.0. The van der Waals surface area contributed by atoms with Crippen molar-refractivity contribution in [3.05, 3.63) is 35.3 Å². The number of methoxy groups -OCH3 is 1. The summed E-state index contributed by atoms with van der Waals surface area (Å²) in [5.74, 6) is 0.712. The molecule has 0 aliphatic rings. The average molecular weight is 359 g/mol. The van der Waals surface area contributed by atoms with Crippen molar-refractivity contribution < 1.29 is 14.6 Å². The van der Waals surface area contributed by atoms with Crippen molar-refractivity contribution in [1.29, 1.82) is 0 Å². The second kappa shape index (κ2) is 7.57. The van der Waals surface area contributed by atoms with Gasteiger partial charge in [-0.1, -0.05) is 25.5 Å². The number of unbranched alkanes of at least 4 members (excludes halogenated alkanes) is 1. The molecule has 1 aromatic carbocycles. The lowest BCUT2D eigenvalue weighted by Gasteiger charge is -2.11. The van der Waals surface area contributed by atoms with Gasteiger partial charge in [-0.2, -0.15) is 0 Å². The van der Waals surface area contributed by atoms with E-state index in [1.54, 1.807) is 7.11 Å². The minimum absolute atomic E-state index is 0.0375. The number of carboxylic acid groups (broad SMARTS) is 1. The van der Waals surface area contributed by atoms with Gasteiger partial charge in [0, 0.05) is 23.2 Å². The van der Waals surface area contributed by atoms with Crippen molar-refractivity contribution in [3.8, 4) is 17.0 Å². The number of anilines is 1. The Kier molecular flexibility index (Phi) is 5.23. The van der Waals surface area contributed by atoms with Crippen LogP contribution in [0.15, 0.2) is 29.6 Å². The largest absolute Gasteiger partial charge is 0.496 e. The van der Waals surface area contributed by atoms with Gasteiger partial charge in [0.15, 0.2) is 4.96 Å². The molecule has 6 nitrogen and oxygen atoms in total. The number of rotatable bonds is 8. The first-order valence-electron chi connectivity index (χ1n) is 8.23. The molecule has 2 N–H and O–H groups in total. The maximum absolute atomic E-state index is 11.2. The Hall–Kier alpha value is -2.54. The summed E-state index contributed by atoms with van der Waals surface area (Å²) in [6.07, 6.45) is 2.06. The number of hydrogen-bond acceptors (Lipinski definition) is 5. The zero-order valence-electron chi connectivity index (χ0n) is 14.3. The fourth-order valence-electron chi connectivity index (χ4n) is 2.77. The van der Waals surface area contributed by atoms with E-state index in [9.17, 15) is 9.90 Å². The second-order valence-electron chi connectivity index (χ2n) is 5.71. The molecule has 0 spiro atoms. The molecule has 2 heterocycles. The van der Waals surface area contributed by atoms with Gasteiger partial charge in [-0.15, -0.1) is 11.3 Å². The van der Waals surface area contributed by atoms with Gasteiger partial charge in [-0.25, -0.2) is 4.98 Å². The van der Waals surface area contributed by atoms with Crippen LogP contribution in [0.4, 0.5) is 5.82 Å². The maximum Gasteiger partial charge on any atom is 0.309 e. The van der Waals surface area contributed by atoms with Crippen LogP contribution in [-0.4, -0.2) is 34.1 Å². The smallest absolute Gasteiger partial charge is 0.309 e. The summed E-state index contributed by atoms with van der Waals surface area (Å²) in [5, 5.41) is 14.5. The molecule has 0 saturated carbocycles. The highest BCUT2D eigenvalue weighted by Gasteiger charge is 2.21. The Labute approximate surface area is 150 Å². The van der Waals surface area contributed by atoms with Gasteiger partial charge in [0.1, 0.15) is 17.3 Å². The first-order valence-corrected chi connectivity index (χ1v) is 9.11. The van der Waals surface area contributed by atoms with Crippen LogP contribution in [-0.2, 0) is 11.2 Å². The number of nitrogens with one attached hydrogen (secondary N) is 1. The van der Waals surface area contributed by atoms with E-state index in [0.29, 0.717) is 0 Å². The summed E-state index contributed by atoms with van der Waals surface area (Å²) in [4.78, 5) is 16.7. The summed E-state index contributed by atoms with van der Waals surface area (Å²) < 4.78 is 7.39. The van der Waals surface area contributed by atoms with E-state index in [1.807, 2.05) is 34.0 Å². The van der Waals surface area contributed by atoms with E-state index in [-0.39, 0.29) is 6.42 Å². The molecule has 0 saturated heterocycles. The molecule has 0 fully saturated rings. The minimum Gasteiger partial charge on any atom is -0.496 e. The molecular weight excluding hydrogens is 338 g/mol. The lowest BCUT2D eigenvalue weighted by atomic mass is 10.1. The van der Waals surface area contributed by atoms with Crippen molar-refractivity contribution in [2.75, 3.05) is 19.0 Å². The van der Waals surface area contributed by atoms with Gasteiger partial charge in [0.25, 0.3) is 0 Å². The molecule has 0 aliphatic heterocycles. The molecule has 0 radical (unpaired) electrons. The van der Waals surface area contributed by atoms with Gasteiger partial charge in [-0.3, -0.25) is 9.20 Å². The molecule has 0 unspecified atom stereocenters. The summed E-state index contributed by atoms with van der Waals surface area (Å²) >= 11 is 1.45. The van der Waals surface area contributed by atoms with Crippen LogP contribution in [0.25, 0.3) is 16.2 Å². The van der Waals surface area contributed by atoms with Gasteiger partial charge in [0.2, 0.25) is 0 Å². The van der Waals surface area contributed by atoms with E-state index >= 15 is 0 Å². The van der Waals surface area contributed by atoms with Gasteiger partial charge < -0.3 is 15.2 Å². The van der Waals surface area contributed by atoms with Crippen LogP contribution in [0.3, 0.4) is 0 Å². The predicted octanol–water partition coefficient (Wildman–Crippen LogP) is 3.91. The fourth-order valence-corrected chi connectivity index (χ4v) is 3.66. The van der Waals surface area contributed by atoms with Crippen LogP contribution in [0.1, 0.15) is 25.5 Å². The number of hydrogen-bond donors (Lipinski definition) is 2. The summed E-state index contributed by atoms with van der Waals surface area (Å²) in [5.41, 5.74) is 2.40. The molecule has 3 aromatic rings. The van der Waals surface area contributed by atoms with Gasteiger partial charge >= 0.3 is 5.97 Å². The quantitative estimate of drug-likeness (QED) is 0.596. The lowest BCUT2D eigenvalue weighted by Crippen LogP contribution is -2.08. The van der Waals surface area contributed by atoms with Crippen molar-refractivity contribution in [2.45, 2.75) is 26.2 Å². The third-order valence-electron chi connectivity index (χ3n) is 3.95. The third kappa shape index (κ3) is 3.46. The van der Waals surface area contributed by atoms with Crippen LogP contribution in [0.2, 0.25) is 0 Å². The molecular formula is C18H21N3O3S. The minimum atomic E-state index is -0.855. The van der Waals surface area contributed by atoms with E-state index in [2.05, 4.69) is 12.2 Å². The van der Waals surface area contributed by atoms with Crippen molar-refractivity contribution in [1.82, 2.24) is 9.38 Å². The molecule has 132 valence electrons. The first-order chi connectivity index (χ1) is 12.2. The Morgan fingerprint density at radius 2 is 2.20 bits per heavy atom. The zero-order valence-corrected chi connectivity index (χ0v) is 15.1. The highest BCUT2D eigenvalue weighted by Crippen LogP contribution is 2.37. The SMILES string of the molecule is CCCCNc1c(-c2ccccc2OC)nc2scc(CC(=O)O)n12. The van der Waals surface area contributed by atoms with Crippen LogP contribution in [0, 0.1) is 0 Å². The summed E-state index contributed by atoms with van der Waals surface area (Å²) in [6, 6.07) is 7.73. The van der Waals surface area contributed by atoms with Crippen molar-refractivity contribution in [2.24, 2.45) is 0 Å². The molecule has 25 heavy (non-hydrogen) atoms. The molecule has 3 rings (SSSR count). The number of carbonyl (C=O) groups is 1. The van der Waals surface area contributed by atoms with E-state index in [4.69, 9.17) is 9.72 Å². The van der Waals surface area contributed by atoms with Crippen molar-refractivity contribution in [3.63, 3.8) is 0 Å². The van der Waals surface area contributed by atoms with Crippen molar-refractivity contribution >= 4 is 28.1 Å². The van der Waals surface area contributed by atoms with E-state index in [1.165, 1.54) is 11.3 Å². The number of aromatic nitrogens is 2. The molecule has 0 aliphatic carbocycles. The Bertz CT molecular complexity index is 885. The third-order valence-corrected chi connectivity index (χ3v) is 4.83. The average Bonchev–Trinajstić information content (AvgIpc) is 3.15. The highest BCUT2D eigenvalue weighted by molar-refractivity contribution is 7.15. The monoisotopic (exact) mass is 359 g/mol. The number of benzene rings is 1. The molecule has 0 bridgehead atoms. The molecule has 0 atom stereocenters. The van der Waals surface area contributed by atoms with Crippen LogP contribution >= 0.6 is 11.3 Å². The van der Waals surface area contributed by atoms with E-state index in [0.717, 1.165) is 52.9 Å². The molecule has 0 amide bonds. The number of imidazole rings is 1. The number of para-hydroxylation sites is 1. The second-order valence-corrected chi connectivity index (χ2v) is 6.54. The Balaban J connectivity index is 2.15. The summed E-state index contributed by atoms with van der Waals surface area (Å²) in [7, 11) is 1.64.